The molecule has 26 heavy (non-hydrogen) atoms. The highest BCUT2D eigenvalue weighted by Crippen LogP contribution is 2.02. The minimum Gasteiger partial charge on any atom is -0.480 e. The third kappa shape index (κ3) is 10.1. The van der Waals surface area contributed by atoms with Gasteiger partial charge < -0.3 is 38.7 Å². The molecule has 3 atom stereocenters. The molecule has 0 aliphatic heterocycles. The molecule has 3 amide bonds. The standard InChI is InChI=1S/C14H27N7O5/c1-7(13(25)26)20-12(24)9(3-2-6-19-14(17)18)21-11(23)8(15)4-5-10(16)22/h7-9H,2-6,15H2,1H3,(H2,16,22)(H,20,24)(H,21,23)(H,25,26)(H4,17,18,19). The molecule has 0 aromatic carbocycles. The molecule has 0 bridgehead atoms. The zero-order chi connectivity index (χ0) is 20.3. The molecule has 12 heteroatoms. The lowest BCUT2D eigenvalue weighted by molar-refractivity contribution is -0.141. The first-order chi connectivity index (χ1) is 12.0. The molecular formula is C14H27N7O5. The quantitative estimate of drug-likeness (QED) is 0.104. The molecule has 0 aromatic heterocycles. The van der Waals surface area contributed by atoms with Gasteiger partial charge in [-0.05, 0) is 26.2 Å². The predicted molar refractivity (Wildman–Crippen MR) is 93.5 cm³/mol. The van der Waals surface area contributed by atoms with Crippen LogP contribution in [0.15, 0.2) is 4.99 Å². The number of nitrogens with zero attached hydrogens (tertiary/aromatic N) is 1. The van der Waals surface area contributed by atoms with Crippen molar-refractivity contribution in [2.24, 2.45) is 27.9 Å². The summed E-state index contributed by atoms with van der Waals surface area (Å²) in [6.07, 6.45) is 0.457. The fourth-order valence-electron chi connectivity index (χ4n) is 1.86. The maximum Gasteiger partial charge on any atom is 0.325 e. The number of hydrogen-bond acceptors (Lipinski definition) is 6. The van der Waals surface area contributed by atoms with Gasteiger partial charge in [-0.2, -0.15) is 0 Å². The van der Waals surface area contributed by atoms with E-state index in [1.54, 1.807) is 0 Å². The van der Waals surface area contributed by atoms with Crippen molar-refractivity contribution in [3.8, 4) is 0 Å². The molecule has 0 saturated carbocycles. The molecule has 0 heterocycles. The van der Waals surface area contributed by atoms with Crippen molar-refractivity contribution in [3.05, 3.63) is 0 Å². The van der Waals surface area contributed by atoms with Crippen molar-refractivity contribution >= 4 is 29.7 Å². The van der Waals surface area contributed by atoms with Crippen LogP contribution in [0.25, 0.3) is 0 Å². The second-order valence-corrected chi connectivity index (χ2v) is 5.69. The van der Waals surface area contributed by atoms with Gasteiger partial charge in [-0.15, -0.1) is 0 Å². The third-order valence-corrected chi connectivity index (χ3v) is 3.35. The summed E-state index contributed by atoms with van der Waals surface area (Å²) in [7, 11) is 0. The summed E-state index contributed by atoms with van der Waals surface area (Å²) in [4.78, 5) is 49.7. The van der Waals surface area contributed by atoms with Crippen LogP contribution in [-0.4, -0.2) is 59.4 Å². The maximum atomic E-state index is 12.2. The van der Waals surface area contributed by atoms with Crippen molar-refractivity contribution in [2.75, 3.05) is 6.54 Å². The Kier molecular flexibility index (Phi) is 10.3. The highest BCUT2D eigenvalue weighted by molar-refractivity contribution is 5.91. The van der Waals surface area contributed by atoms with Crippen LogP contribution in [0.3, 0.4) is 0 Å². The third-order valence-electron chi connectivity index (χ3n) is 3.35. The highest BCUT2D eigenvalue weighted by Gasteiger charge is 2.26. The smallest absolute Gasteiger partial charge is 0.325 e. The van der Waals surface area contributed by atoms with Crippen LogP contribution >= 0.6 is 0 Å². The summed E-state index contributed by atoms with van der Waals surface area (Å²) in [5.74, 6) is -3.27. The molecule has 12 nitrogen and oxygen atoms in total. The second-order valence-electron chi connectivity index (χ2n) is 5.69. The van der Waals surface area contributed by atoms with E-state index in [1.807, 2.05) is 0 Å². The fraction of sp³-hybridized carbons (Fsp3) is 0.643. The number of aliphatic carboxylic acids is 1. The molecule has 0 spiro atoms. The van der Waals surface area contributed by atoms with Gasteiger partial charge in [-0.3, -0.25) is 24.2 Å². The summed E-state index contributed by atoms with van der Waals surface area (Å²) in [6.45, 7) is 1.52. The van der Waals surface area contributed by atoms with Crippen molar-refractivity contribution in [2.45, 2.75) is 50.7 Å². The van der Waals surface area contributed by atoms with Crippen LogP contribution in [0.1, 0.15) is 32.6 Å². The predicted octanol–water partition coefficient (Wildman–Crippen LogP) is -3.29. The van der Waals surface area contributed by atoms with Crippen LogP contribution in [0.2, 0.25) is 0 Å². The van der Waals surface area contributed by atoms with Gasteiger partial charge in [0.05, 0.1) is 6.04 Å². The maximum absolute atomic E-state index is 12.2. The minimum absolute atomic E-state index is 0.0229. The number of hydrogen-bond donors (Lipinski definition) is 7. The van der Waals surface area contributed by atoms with E-state index in [-0.39, 0.29) is 31.8 Å². The molecule has 0 rings (SSSR count). The van der Waals surface area contributed by atoms with Crippen molar-refractivity contribution < 1.29 is 24.3 Å². The van der Waals surface area contributed by atoms with E-state index in [9.17, 15) is 19.2 Å². The van der Waals surface area contributed by atoms with E-state index < -0.39 is 41.8 Å². The topological polar surface area (TPSA) is 229 Å². The highest BCUT2D eigenvalue weighted by atomic mass is 16.4. The number of guanidine groups is 1. The molecule has 0 fully saturated rings. The lowest BCUT2D eigenvalue weighted by atomic mass is 10.1. The van der Waals surface area contributed by atoms with E-state index in [2.05, 4.69) is 15.6 Å². The Bertz CT molecular complexity index is 548. The lowest BCUT2D eigenvalue weighted by Crippen LogP contribution is -2.54. The Hall–Kier alpha value is -2.89. The molecule has 0 saturated heterocycles. The lowest BCUT2D eigenvalue weighted by Gasteiger charge is -2.21. The van der Waals surface area contributed by atoms with E-state index in [1.165, 1.54) is 6.92 Å². The van der Waals surface area contributed by atoms with Crippen molar-refractivity contribution in [1.82, 2.24) is 10.6 Å². The van der Waals surface area contributed by atoms with Gasteiger partial charge in [-0.25, -0.2) is 0 Å². The monoisotopic (exact) mass is 373 g/mol. The number of amides is 3. The normalized spacial score (nSPS) is 13.8. The number of nitrogens with two attached hydrogens (primary N) is 4. The Morgan fingerprint density at radius 2 is 1.65 bits per heavy atom. The zero-order valence-corrected chi connectivity index (χ0v) is 14.6. The first-order valence-corrected chi connectivity index (χ1v) is 7.97. The number of rotatable bonds is 12. The average Bonchev–Trinajstić information content (AvgIpc) is 2.54. The molecule has 0 radical (unpaired) electrons. The summed E-state index contributed by atoms with van der Waals surface area (Å²) in [5, 5.41) is 13.6. The number of aliphatic imine (C=N–C) groups is 1. The van der Waals surface area contributed by atoms with Gasteiger partial charge in [0.15, 0.2) is 5.96 Å². The molecule has 0 aromatic rings. The molecule has 0 aliphatic carbocycles. The van der Waals surface area contributed by atoms with E-state index in [0.717, 1.165) is 0 Å². The summed E-state index contributed by atoms with van der Waals surface area (Å²) in [6, 6.07) is -3.20. The van der Waals surface area contributed by atoms with Crippen LogP contribution in [-0.2, 0) is 19.2 Å². The summed E-state index contributed by atoms with van der Waals surface area (Å²) in [5.41, 5.74) is 21.1. The number of carbonyl (C=O) groups excluding carboxylic acids is 3. The van der Waals surface area contributed by atoms with Crippen LogP contribution in [0, 0.1) is 0 Å². The van der Waals surface area contributed by atoms with Crippen molar-refractivity contribution in [1.29, 1.82) is 0 Å². The van der Waals surface area contributed by atoms with Gasteiger partial charge in [0, 0.05) is 13.0 Å². The number of primary amides is 1. The van der Waals surface area contributed by atoms with Crippen LogP contribution in [0.4, 0.5) is 0 Å². The van der Waals surface area contributed by atoms with E-state index in [0.29, 0.717) is 6.42 Å². The van der Waals surface area contributed by atoms with Crippen LogP contribution < -0.4 is 33.6 Å². The van der Waals surface area contributed by atoms with E-state index >= 15 is 0 Å². The number of nitrogens with one attached hydrogen (secondary N) is 2. The average molecular weight is 373 g/mol. The Labute approximate surface area is 150 Å². The number of carboxylic acids is 1. The molecule has 11 N–H and O–H groups in total. The number of carboxylic acid groups (broad SMARTS) is 1. The molecule has 3 unspecified atom stereocenters. The van der Waals surface area contributed by atoms with Crippen molar-refractivity contribution in [3.63, 3.8) is 0 Å². The first kappa shape index (κ1) is 23.1. The van der Waals surface area contributed by atoms with Gasteiger partial charge in [0.1, 0.15) is 12.1 Å². The second kappa shape index (κ2) is 11.6. The van der Waals surface area contributed by atoms with Gasteiger partial charge in [0.2, 0.25) is 17.7 Å². The SMILES string of the molecule is CC(NC(=O)C(CCCN=C(N)N)NC(=O)C(N)CCC(N)=O)C(=O)O. The van der Waals surface area contributed by atoms with Gasteiger partial charge in [0.25, 0.3) is 0 Å². The Morgan fingerprint density at radius 3 is 2.15 bits per heavy atom. The van der Waals surface area contributed by atoms with Crippen LogP contribution in [0.5, 0.6) is 0 Å². The van der Waals surface area contributed by atoms with E-state index in [4.69, 9.17) is 28.0 Å². The molecule has 0 aliphatic rings. The Morgan fingerprint density at radius 1 is 1.04 bits per heavy atom. The minimum atomic E-state index is -1.22. The zero-order valence-electron chi connectivity index (χ0n) is 14.6. The van der Waals surface area contributed by atoms with Gasteiger partial charge in [-0.1, -0.05) is 0 Å². The fourth-order valence-corrected chi connectivity index (χ4v) is 1.86. The number of carbonyl (C=O) groups is 4. The van der Waals surface area contributed by atoms with Gasteiger partial charge >= 0.3 is 5.97 Å². The molecular weight excluding hydrogens is 346 g/mol. The summed E-state index contributed by atoms with van der Waals surface area (Å²) >= 11 is 0. The largest absolute Gasteiger partial charge is 0.480 e. The Balaban J connectivity index is 4.86. The molecule has 148 valence electrons. The first-order valence-electron chi connectivity index (χ1n) is 7.97. The summed E-state index contributed by atoms with van der Waals surface area (Å²) < 4.78 is 0.